The SMILES string of the molecule is COc1ccc(CCNc2cc(N3CCCC3)nc(C)n2)cc1OC. The van der Waals surface area contributed by atoms with Crippen molar-refractivity contribution in [2.24, 2.45) is 0 Å². The predicted octanol–water partition coefficient (Wildman–Crippen LogP) is 3.06. The van der Waals surface area contributed by atoms with Gasteiger partial charge < -0.3 is 19.7 Å². The zero-order chi connectivity index (χ0) is 17.6. The molecule has 134 valence electrons. The molecule has 1 N–H and O–H groups in total. The normalized spacial score (nSPS) is 13.8. The van der Waals surface area contributed by atoms with Crippen LogP contribution in [-0.4, -0.2) is 43.8 Å². The largest absolute Gasteiger partial charge is 0.493 e. The first kappa shape index (κ1) is 17.3. The van der Waals surface area contributed by atoms with E-state index in [-0.39, 0.29) is 0 Å². The standard InChI is InChI=1S/C19H26N4O2/c1-14-21-18(13-19(22-14)23-10-4-5-11-23)20-9-8-15-6-7-16(24-2)17(12-15)25-3/h6-7,12-13H,4-5,8-11H2,1-3H3,(H,20,21,22). The average molecular weight is 342 g/mol. The fraction of sp³-hybridized carbons (Fsp3) is 0.474. The summed E-state index contributed by atoms with van der Waals surface area (Å²) in [4.78, 5) is 11.4. The van der Waals surface area contributed by atoms with Crippen molar-refractivity contribution >= 4 is 11.6 Å². The van der Waals surface area contributed by atoms with E-state index in [0.29, 0.717) is 0 Å². The summed E-state index contributed by atoms with van der Waals surface area (Å²) in [6.07, 6.45) is 3.36. The van der Waals surface area contributed by atoms with Crippen molar-refractivity contribution in [1.82, 2.24) is 9.97 Å². The molecule has 0 radical (unpaired) electrons. The molecule has 1 saturated heterocycles. The van der Waals surface area contributed by atoms with Gasteiger partial charge in [-0.25, -0.2) is 9.97 Å². The lowest BCUT2D eigenvalue weighted by Crippen LogP contribution is -2.20. The van der Waals surface area contributed by atoms with Crippen molar-refractivity contribution in [3.63, 3.8) is 0 Å². The van der Waals surface area contributed by atoms with Gasteiger partial charge in [0.25, 0.3) is 0 Å². The molecule has 0 atom stereocenters. The number of nitrogens with zero attached hydrogens (tertiary/aromatic N) is 3. The van der Waals surface area contributed by atoms with E-state index in [0.717, 1.165) is 55.0 Å². The Hall–Kier alpha value is -2.50. The first-order valence-electron chi connectivity index (χ1n) is 8.75. The minimum Gasteiger partial charge on any atom is -0.493 e. The molecule has 0 amide bonds. The number of aromatic nitrogens is 2. The highest BCUT2D eigenvalue weighted by Gasteiger charge is 2.15. The molecule has 6 nitrogen and oxygen atoms in total. The fourth-order valence-electron chi connectivity index (χ4n) is 3.12. The van der Waals surface area contributed by atoms with Crippen LogP contribution in [0.4, 0.5) is 11.6 Å². The molecule has 1 aliphatic rings. The van der Waals surface area contributed by atoms with Gasteiger partial charge in [-0.2, -0.15) is 0 Å². The number of rotatable bonds is 7. The fourth-order valence-corrected chi connectivity index (χ4v) is 3.12. The highest BCUT2D eigenvalue weighted by molar-refractivity contribution is 5.50. The summed E-state index contributed by atoms with van der Waals surface area (Å²) >= 11 is 0. The van der Waals surface area contributed by atoms with Gasteiger partial charge in [0.15, 0.2) is 11.5 Å². The molecule has 6 heteroatoms. The summed E-state index contributed by atoms with van der Waals surface area (Å²) in [5, 5.41) is 3.41. The Kier molecular flexibility index (Phi) is 5.58. The number of benzene rings is 1. The van der Waals surface area contributed by atoms with Crippen LogP contribution in [-0.2, 0) is 6.42 Å². The van der Waals surface area contributed by atoms with E-state index < -0.39 is 0 Å². The third-order valence-electron chi connectivity index (χ3n) is 4.42. The average Bonchev–Trinajstić information content (AvgIpc) is 3.16. The van der Waals surface area contributed by atoms with Gasteiger partial charge in [-0.15, -0.1) is 0 Å². The van der Waals surface area contributed by atoms with E-state index in [9.17, 15) is 0 Å². The van der Waals surface area contributed by atoms with Crippen molar-refractivity contribution in [3.8, 4) is 11.5 Å². The molecule has 1 fully saturated rings. The molecule has 0 spiro atoms. The molecule has 0 unspecified atom stereocenters. The van der Waals surface area contributed by atoms with E-state index in [1.807, 2.05) is 25.1 Å². The Balaban J connectivity index is 1.62. The van der Waals surface area contributed by atoms with Crippen molar-refractivity contribution < 1.29 is 9.47 Å². The molecule has 2 aromatic rings. The quantitative estimate of drug-likeness (QED) is 0.834. The number of methoxy groups -OCH3 is 2. The third-order valence-corrected chi connectivity index (χ3v) is 4.42. The van der Waals surface area contributed by atoms with Crippen molar-refractivity contribution in [3.05, 3.63) is 35.7 Å². The molecule has 1 aromatic carbocycles. The zero-order valence-corrected chi connectivity index (χ0v) is 15.2. The van der Waals surface area contributed by atoms with Crippen LogP contribution in [0.3, 0.4) is 0 Å². The third kappa shape index (κ3) is 4.32. The highest BCUT2D eigenvalue weighted by atomic mass is 16.5. The maximum atomic E-state index is 5.36. The molecule has 1 aliphatic heterocycles. The lowest BCUT2D eigenvalue weighted by atomic mass is 10.1. The van der Waals surface area contributed by atoms with E-state index in [1.165, 1.54) is 18.4 Å². The second-order valence-electron chi connectivity index (χ2n) is 6.22. The van der Waals surface area contributed by atoms with Gasteiger partial charge in [0.1, 0.15) is 17.5 Å². The van der Waals surface area contributed by atoms with E-state index >= 15 is 0 Å². The zero-order valence-electron chi connectivity index (χ0n) is 15.2. The second-order valence-corrected chi connectivity index (χ2v) is 6.22. The Morgan fingerprint density at radius 1 is 1.04 bits per heavy atom. The minimum absolute atomic E-state index is 0.751. The van der Waals surface area contributed by atoms with Gasteiger partial charge in [-0.3, -0.25) is 0 Å². The van der Waals surface area contributed by atoms with Crippen LogP contribution in [0.25, 0.3) is 0 Å². The maximum absolute atomic E-state index is 5.36. The van der Waals surface area contributed by atoms with Crippen LogP contribution in [0, 0.1) is 6.92 Å². The van der Waals surface area contributed by atoms with Gasteiger partial charge in [0.05, 0.1) is 14.2 Å². The second kappa shape index (κ2) is 8.05. The van der Waals surface area contributed by atoms with E-state index in [2.05, 4.69) is 26.3 Å². The molecule has 0 aliphatic carbocycles. The summed E-state index contributed by atoms with van der Waals surface area (Å²) in [5.41, 5.74) is 1.19. The topological polar surface area (TPSA) is 59.5 Å². The van der Waals surface area contributed by atoms with Gasteiger partial charge in [-0.1, -0.05) is 6.07 Å². The van der Waals surface area contributed by atoms with Crippen LogP contribution < -0.4 is 19.7 Å². The maximum Gasteiger partial charge on any atom is 0.160 e. The molecule has 1 aromatic heterocycles. The smallest absolute Gasteiger partial charge is 0.160 e. The van der Waals surface area contributed by atoms with Gasteiger partial charge in [0.2, 0.25) is 0 Å². The monoisotopic (exact) mass is 342 g/mol. The molecule has 25 heavy (non-hydrogen) atoms. The molecule has 0 saturated carbocycles. The summed E-state index contributed by atoms with van der Waals surface area (Å²) in [6.45, 7) is 4.91. The van der Waals surface area contributed by atoms with Gasteiger partial charge >= 0.3 is 0 Å². The molecule has 2 heterocycles. The number of ether oxygens (including phenoxy) is 2. The lowest BCUT2D eigenvalue weighted by Gasteiger charge is -2.18. The molecular formula is C19H26N4O2. The Bertz CT molecular complexity index is 715. The summed E-state index contributed by atoms with van der Waals surface area (Å²) in [7, 11) is 3.30. The van der Waals surface area contributed by atoms with E-state index in [4.69, 9.17) is 9.47 Å². The summed E-state index contributed by atoms with van der Waals surface area (Å²) in [6, 6.07) is 8.06. The highest BCUT2D eigenvalue weighted by Crippen LogP contribution is 2.27. The van der Waals surface area contributed by atoms with Crippen LogP contribution in [0.5, 0.6) is 11.5 Å². The number of aryl methyl sites for hydroxylation is 1. The first-order chi connectivity index (χ1) is 12.2. The van der Waals surface area contributed by atoms with Crippen LogP contribution in [0.1, 0.15) is 24.2 Å². The van der Waals surface area contributed by atoms with Crippen molar-refractivity contribution in [1.29, 1.82) is 0 Å². The van der Waals surface area contributed by atoms with Crippen molar-refractivity contribution in [2.75, 3.05) is 44.1 Å². The number of hydrogen-bond acceptors (Lipinski definition) is 6. The Morgan fingerprint density at radius 2 is 1.80 bits per heavy atom. The number of anilines is 2. The lowest BCUT2D eigenvalue weighted by molar-refractivity contribution is 0.354. The Labute approximate surface area is 149 Å². The van der Waals surface area contributed by atoms with E-state index in [1.54, 1.807) is 14.2 Å². The van der Waals surface area contributed by atoms with Crippen LogP contribution in [0.2, 0.25) is 0 Å². The minimum atomic E-state index is 0.751. The Morgan fingerprint density at radius 3 is 2.52 bits per heavy atom. The van der Waals surface area contributed by atoms with Gasteiger partial charge in [-0.05, 0) is 43.9 Å². The van der Waals surface area contributed by atoms with Crippen LogP contribution in [0.15, 0.2) is 24.3 Å². The molecule has 3 rings (SSSR count). The number of hydrogen-bond donors (Lipinski definition) is 1. The number of nitrogens with one attached hydrogen (secondary N) is 1. The van der Waals surface area contributed by atoms with Gasteiger partial charge in [0, 0.05) is 25.7 Å². The molecular weight excluding hydrogens is 316 g/mol. The molecule has 0 bridgehead atoms. The summed E-state index contributed by atoms with van der Waals surface area (Å²) < 4.78 is 10.6. The predicted molar refractivity (Wildman–Crippen MR) is 100.0 cm³/mol. The summed E-state index contributed by atoms with van der Waals surface area (Å²) in [5.74, 6) is 4.22. The first-order valence-corrected chi connectivity index (χ1v) is 8.75. The van der Waals surface area contributed by atoms with Crippen LogP contribution >= 0.6 is 0 Å². The van der Waals surface area contributed by atoms with Crippen molar-refractivity contribution in [2.45, 2.75) is 26.2 Å².